The van der Waals surface area contributed by atoms with E-state index < -0.39 is 10.0 Å². The second-order valence-corrected chi connectivity index (χ2v) is 7.50. The maximum absolute atomic E-state index is 12.2. The number of hydrogen-bond acceptors (Lipinski definition) is 4. The molecule has 0 spiro atoms. The third kappa shape index (κ3) is 4.74. The standard InChI is InChI=1S/C14H20N2O3S2/c1-19-13-7-6-12(8-13)16-21(17,18)9-10-2-4-11(5-3-10)14(15)20/h2-5,12-13,16H,6-9H2,1H3,(H2,15,20). The summed E-state index contributed by atoms with van der Waals surface area (Å²) in [6.07, 6.45) is 2.60. The van der Waals surface area contributed by atoms with Crippen LogP contribution in [0.15, 0.2) is 24.3 Å². The zero-order chi connectivity index (χ0) is 15.5. The van der Waals surface area contributed by atoms with Gasteiger partial charge in [0.25, 0.3) is 0 Å². The van der Waals surface area contributed by atoms with Crippen molar-refractivity contribution in [2.45, 2.75) is 37.2 Å². The maximum atomic E-state index is 12.2. The molecule has 116 valence electrons. The van der Waals surface area contributed by atoms with Crippen LogP contribution in [0.5, 0.6) is 0 Å². The Hall–Kier alpha value is -1.02. The summed E-state index contributed by atoms with van der Waals surface area (Å²) in [5.74, 6) is -0.0429. The van der Waals surface area contributed by atoms with Gasteiger partial charge in [0.15, 0.2) is 0 Å². The molecule has 1 fully saturated rings. The third-order valence-electron chi connectivity index (χ3n) is 3.66. The van der Waals surface area contributed by atoms with E-state index in [1.54, 1.807) is 31.4 Å². The highest BCUT2D eigenvalue weighted by Crippen LogP contribution is 2.22. The van der Waals surface area contributed by atoms with Gasteiger partial charge in [-0.05, 0) is 24.8 Å². The number of methoxy groups -OCH3 is 1. The predicted molar refractivity (Wildman–Crippen MR) is 86.5 cm³/mol. The Morgan fingerprint density at radius 3 is 2.57 bits per heavy atom. The Morgan fingerprint density at radius 1 is 1.38 bits per heavy atom. The van der Waals surface area contributed by atoms with Crippen LogP contribution in [0.25, 0.3) is 0 Å². The molecule has 1 aromatic carbocycles. The zero-order valence-corrected chi connectivity index (χ0v) is 13.5. The van der Waals surface area contributed by atoms with E-state index in [1.165, 1.54) is 0 Å². The molecule has 1 saturated carbocycles. The fraction of sp³-hybridized carbons (Fsp3) is 0.500. The van der Waals surface area contributed by atoms with Gasteiger partial charge in [0.2, 0.25) is 10.0 Å². The quantitative estimate of drug-likeness (QED) is 0.770. The monoisotopic (exact) mass is 328 g/mol. The fourth-order valence-corrected chi connectivity index (χ4v) is 4.11. The van der Waals surface area contributed by atoms with E-state index in [4.69, 9.17) is 22.7 Å². The van der Waals surface area contributed by atoms with Gasteiger partial charge in [-0.2, -0.15) is 0 Å². The van der Waals surface area contributed by atoms with Crippen LogP contribution in [-0.2, 0) is 20.5 Å². The molecule has 0 saturated heterocycles. The van der Waals surface area contributed by atoms with Crippen LogP contribution in [0.1, 0.15) is 30.4 Å². The summed E-state index contributed by atoms with van der Waals surface area (Å²) in [4.78, 5) is 0.305. The van der Waals surface area contributed by atoms with Crippen LogP contribution in [0.4, 0.5) is 0 Å². The van der Waals surface area contributed by atoms with Gasteiger partial charge in [0, 0.05) is 18.7 Å². The van der Waals surface area contributed by atoms with E-state index in [2.05, 4.69) is 4.72 Å². The van der Waals surface area contributed by atoms with Gasteiger partial charge in [0.1, 0.15) is 4.99 Å². The number of hydrogen-bond donors (Lipinski definition) is 2. The summed E-state index contributed by atoms with van der Waals surface area (Å²) in [7, 11) is -1.69. The number of benzene rings is 1. The van der Waals surface area contributed by atoms with Crippen molar-refractivity contribution in [2.24, 2.45) is 5.73 Å². The smallest absolute Gasteiger partial charge is 0.216 e. The molecule has 5 nitrogen and oxygen atoms in total. The lowest BCUT2D eigenvalue weighted by molar-refractivity contribution is 0.107. The van der Waals surface area contributed by atoms with Crippen LogP contribution in [0.3, 0.4) is 0 Å². The molecule has 2 atom stereocenters. The van der Waals surface area contributed by atoms with Crippen molar-refractivity contribution < 1.29 is 13.2 Å². The Morgan fingerprint density at radius 2 is 2.05 bits per heavy atom. The Kier molecular flexibility index (Phi) is 5.32. The zero-order valence-electron chi connectivity index (χ0n) is 11.9. The number of thiocarbonyl (C=S) groups is 1. The second-order valence-electron chi connectivity index (χ2n) is 5.31. The Bertz CT molecular complexity index is 599. The lowest BCUT2D eigenvalue weighted by Crippen LogP contribution is -2.34. The topological polar surface area (TPSA) is 81.4 Å². The molecular formula is C14H20N2O3S2. The molecule has 0 aromatic heterocycles. The summed E-state index contributed by atoms with van der Waals surface area (Å²) in [5, 5.41) is 0. The highest BCUT2D eigenvalue weighted by atomic mass is 32.2. The van der Waals surface area contributed by atoms with E-state index in [0.29, 0.717) is 10.6 Å². The molecule has 21 heavy (non-hydrogen) atoms. The first-order chi connectivity index (χ1) is 9.89. The molecule has 0 heterocycles. The number of nitrogens with one attached hydrogen (secondary N) is 1. The van der Waals surface area contributed by atoms with Crippen LogP contribution in [-0.4, -0.2) is 32.7 Å². The predicted octanol–water partition coefficient (Wildman–Crippen LogP) is 1.31. The molecule has 1 aliphatic rings. The van der Waals surface area contributed by atoms with Gasteiger partial charge in [0.05, 0.1) is 11.9 Å². The molecule has 2 unspecified atom stereocenters. The van der Waals surface area contributed by atoms with E-state index >= 15 is 0 Å². The van der Waals surface area contributed by atoms with Crippen molar-refractivity contribution in [3.05, 3.63) is 35.4 Å². The van der Waals surface area contributed by atoms with E-state index in [-0.39, 0.29) is 17.9 Å². The minimum Gasteiger partial charge on any atom is -0.389 e. The van der Waals surface area contributed by atoms with Crippen molar-refractivity contribution in [2.75, 3.05) is 7.11 Å². The molecule has 0 bridgehead atoms. The lowest BCUT2D eigenvalue weighted by atomic mass is 10.1. The molecule has 1 aliphatic carbocycles. The van der Waals surface area contributed by atoms with E-state index in [1.807, 2.05) is 0 Å². The molecule has 2 rings (SSSR count). The summed E-state index contributed by atoms with van der Waals surface area (Å²) in [5.41, 5.74) is 6.96. The highest BCUT2D eigenvalue weighted by molar-refractivity contribution is 7.88. The SMILES string of the molecule is COC1CCC(NS(=O)(=O)Cc2ccc(C(N)=S)cc2)C1. The number of ether oxygens (including phenoxy) is 1. The fourth-order valence-electron chi connectivity index (χ4n) is 2.54. The summed E-state index contributed by atoms with van der Waals surface area (Å²) >= 11 is 4.87. The minimum atomic E-state index is -3.35. The molecule has 1 aromatic rings. The first-order valence-electron chi connectivity index (χ1n) is 6.81. The molecule has 0 radical (unpaired) electrons. The molecular weight excluding hydrogens is 308 g/mol. The number of nitrogens with two attached hydrogens (primary N) is 1. The van der Waals surface area contributed by atoms with Crippen molar-refractivity contribution in [3.8, 4) is 0 Å². The van der Waals surface area contributed by atoms with Crippen LogP contribution in [0, 0.1) is 0 Å². The molecule has 3 N–H and O–H groups in total. The van der Waals surface area contributed by atoms with Crippen molar-refractivity contribution in [3.63, 3.8) is 0 Å². The first-order valence-corrected chi connectivity index (χ1v) is 8.87. The van der Waals surface area contributed by atoms with Gasteiger partial charge in [-0.25, -0.2) is 13.1 Å². The number of sulfonamides is 1. The van der Waals surface area contributed by atoms with Gasteiger partial charge in [-0.15, -0.1) is 0 Å². The van der Waals surface area contributed by atoms with Gasteiger partial charge in [-0.3, -0.25) is 0 Å². The van der Waals surface area contributed by atoms with Crippen LogP contribution in [0.2, 0.25) is 0 Å². The Labute approximate surface area is 130 Å². The van der Waals surface area contributed by atoms with Gasteiger partial charge < -0.3 is 10.5 Å². The second kappa shape index (κ2) is 6.83. The van der Waals surface area contributed by atoms with E-state index in [0.717, 1.165) is 24.8 Å². The summed E-state index contributed by atoms with van der Waals surface area (Å²) < 4.78 is 32.3. The van der Waals surface area contributed by atoms with E-state index in [9.17, 15) is 8.42 Å². The minimum absolute atomic E-state index is 0.0316. The molecule has 0 amide bonds. The van der Waals surface area contributed by atoms with Crippen molar-refractivity contribution in [1.29, 1.82) is 0 Å². The highest BCUT2D eigenvalue weighted by Gasteiger charge is 2.27. The Balaban J connectivity index is 1.96. The third-order valence-corrected chi connectivity index (χ3v) is 5.30. The van der Waals surface area contributed by atoms with Gasteiger partial charge in [-0.1, -0.05) is 36.5 Å². The van der Waals surface area contributed by atoms with Gasteiger partial charge >= 0.3 is 0 Å². The van der Waals surface area contributed by atoms with Crippen LogP contribution < -0.4 is 10.5 Å². The average Bonchev–Trinajstić information content (AvgIpc) is 2.85. The molecule has 7 heteroatoms. The van der Waals surface area contributed by atoms with Crippen molar-refractivity contribution >= 4 is 27.2 Å². The number of rotatable bonds is 6. The van der Waals surface area contributed by atoms with Crippen LogP contribution >= 0.6 is 12.2 Å². The average molecular weight is 328 g/mol. The summed E-state index contributed by atoms with van der Waals surface area (Å²) in [6, 6.07) is 6.92. The largest absolute Gasteiger partial charge is 0.389 e. The lowest BCUT2D eigenvalue weighted by Gasteiger charge is -2.13. The normalized spacial score (nSPS) is 22.3. The maximum Gasteiger partial charge on any atom is 0.216 e. The van der Waals surface area contributed by atoms with Crippen molar-refractivity contribution in [1.82, 2.24) is 4.72 Å². The summed E-state index contributed by atoms with van der Waals surface area (Å²) in [6.45, 7) is 0. The first kappa shape index (κ1) is 16.4. The molecule has 0 aliphatic heterocycles.